The molecule has 0 radical (unpaired) electrons. The first-order valence-corrected chi connectivity index (χ1v) is 9.59. The predicted molar refractivity (Wildman–Crippen MR) is 99.1 cm³/mol. The van der Waals surface area contributed by atoms with Crippen LogP contribution in [0.15, 0.2) is 18.3 Å². The van der Waals surface area contributed by atoms with Crippen LogP contribution in [0.3, 0.4) is 0 Å². The van der Waals surface area contributed by atoms with E-state index in [1.807, 2.05) is 21.7 Å². The van der Waals surface area contributed by atoms with Crippen molar-refractivity contribution in [3.8, 4) is 0 Å². The van der Waals surface area contributed by atoms with E-state index in [1.165, 1.54) is 0 Å². The maximum atomic E-state index is 12.1. The number of likely N-dealkylation sites (tertiary alicyclic amines) is 1. The molecule has 0 saturated carbocycles. The largest absolute Gasteiger partial charge is 0.368 e. The molecule has 2 aliphatic rings. The Morgan fingerprint density at radius 1 is 1.37 bits per heavy atom. The summed E-state index contributed by atoms with van der Waals surface area (Å²) >= 11 is 0. The van der Waals surface area contributed by atoms with Gasteiger partial charge in [0, 0.05) is 50.7 Å². The summed E-state index contributed by atoms with van der Waals surface area (Å²) in [7, 11) is 0. The summed E-state index contributed by atoms with van der Waals surface area (Å²) in [5, 5.41) is 8.75. The van der Waals surface area contributed by atoms with Gasteiger partial charge in [0.25, 0.3) is 0 Å². The van der Waals surface area contributed by atoms with E-state index in [9.17, 15) is 9.59 Å². The lowest BCUT2D eigenvalue weighted by molar-refractivity contribution is -0.130. The van der Waals surface area contributed by atoms with Gasteiger partial charge in [0.15, 0.2) is 5.65 Å². The van der Waals surface area contributed by atoms with Gasteiger partial charge in [-0.2, -0.15) is 5.10 Å². The number of hydrogen-bond acceptors (Lipinski definition) is 5. The number of hydrogen-bond donors (Lipinski definition) is 1. The summed E-state index contributed by atoms with van der Waals surface area (Å²) in [5.41, 5.74) is 1.81. The second-order valence-corrected chi connectivity index (χ2v) is 7.23. The normalized spacial score (nSPS) is 22.5. The number of ether oxygens (including phenoxy) is 1. The fraction of sp³-hybridized carbons (Fsp3) is 0.579. The number of carbonyl (C=O) groups excluding carboxylic acids is 2. The van der Waals surface area contributed by atoms with Crippen LogP contribution in [0.25, 0.3) is 11.0 Å². The zero-order valence-electron chi connectivity index (χ0n) is 15.6. The Morgan fingerprint density at radius 3 is 3.00 bits per heavy atom. The lowest BCUT2D eigenvalue weighted by Crippen LogP contribution is -2.36. The molecule has 2 aromatic heterocycles. The van der Waals surface area contributed by atoms with E-state index >= 15 is 0 Å². The maximum Gasteiger partial charge on any atom is 0.249 e. The summed E-state index contributed by atoms with van der Waals surface area (Å²) in [4.78, 5) is 30.1. The van der Waals surface area contributed by atoms with Gasteiger partial charge in [-0.05, 0) is 31.4 Å². The van der Waals surface area contributed by atoms with Gasteiger partial charge in [0.2, 0.25) is 11.8 Å². The van der Waals surface area contributed by atoms with Crippen molar-refractivity contribution in [2.24, 2.45) is 0 Å². The molecule has 2 aliphatic heterocycles. The molecule has 0 aromatic carbocycles. The van der Waals surface area contributed by atoms with Crippen LogP contribution in [0, 0.1) is 0 Å². The van der Waals surface area contributed by atoms with E-state index in [-0.39, 0.29) is 23.8 Å². The number of aromatic nitrogens is 3. The molecule has 1 N–H and O–H groups in total. The van der Waals surface area contributed by atoms with Gasteiger partial charge >= 0.3 is 0 Å². The summed E-state index contributed by atoms with van der Waals surface area (Å²) in [6.07, 6.45) is 4.08. The Bertz CT molecular complexity index is 843. The average molecular weight is 371 g/mol. The molecule has 27 heavy (non-hydrogen) atoms. The molecule has 4 rings (SSSR count). The summed E-state index contributed by atoms with van der Waals surface area (Å²) in [5.74, 6) is 0.282. The van der Waals surface area contributed by atoms with Crippen molar-refractivity contribution in [1.29, 1.82) is 0 Å². The van der Waals surface area contributed by atoms with Crippen LogP contribution in [0.1, 0.15) is 37.8 Å². The topological polar surface area (TPSA) is 89.4 Å². The second kappa shape index (κ2) is 7.64. The molecule has 0 spiro atoms. The fourth-order valence-electron chi connectivity index (χ4n) is 3.94. The Hall–Kier alpha value is -2.48. The quantitative estimate of drug-likeness (QED) is 0.849. The van der Waals surface area contributed by atoms with Gasteiger partial charge in [0.1, 0.15) is 6.10 Å². The fourth-order valence-corrected chi connectivity index (χ4v) is 3.94. The van der Waals surface area contributed by atoms with E-state index in [4.69, 9.17) is 9.84 Å². The van der Waals surface area contributed by atoms with Gasteiger partial charge in [-0.3, -0.25) is 9.59 Å². The molecule has 8 nitrogen and oxygen atoms in total. The number of carbonyl (C=O) groups is 2. The molecule has 2 amide bonds. The number of rotatable bonds is 5. The zero-order valence-corrected chi connectivity index (χ0v) is 15.6. The van der Waals surface area contributed by atoms with Gasteiger partial charge in [-0.1, -0.05) is 0 Å². The third-order valence-electron chi connectivity index (χ3n) is 5.40. The van der Waals surface area contributed by atoms with Gasteiger partial charge < -0.3 is 15.0 Å². The van der Waals surface area contributed by atoms with Crippen molar-refractivity contribution in [3.63, 3.8) is 0 Å². The first kappa shape index (κ1) is 17.9. The van der Waals surface area contributed by atoms with E-state index in [0.717, 1.165) is 42.5 Å². The number of pyridine rings is 1. The highest BCUT2D eigenvalue weighted by atomic mass is 16.5. The molecule has 2 aromatic rings. The second-order valence-electron chi connectivity index (χ2n) is 7.23. The van der Waals surface area contributed by atoms with E-state index in [1.54, 1.807) is 13.1 Å². The molecule has 144 valence electrons. The van der Waals surface area contributed by atoms with Crippen molar-refractivity contribution in [2.75, 3.05) is 26.2 Å². The monoisotopic (exact) mass is 371 g/mol. The van der Waals surface area contributed by atoms with E-state index in [2.05, 4.69) is 10.3 Å². The lowest BCUT2D eigenvalue weighted by Gasteiger charge is -2.13. The van der Waals surface area contributed by atoms with Crippen molar-refractivity contribution < 1.29 is 14.3 Å². The van der Waals surface area contributed by atoms with E-state index < -0.39 is 0 Å². The third-order valence-corrected chi connectivity index (χ3v) is 5.40. The first-order chi connectivity index (χ1) is 13.1. The highest BCUT2D eigenvalue weighted by molar-refractivity contribution is 5.81. The van der Waals surface area contributed by atoms with Crippen LogP contribution in [0.2, 0.25) is 0 Å². The van der Waals surface area contributed by atoms with Crippen LogP contribution in [-0.2, 0) is 20.9 Å². The van der Waals surface area contributed by atoms with Gasteiger partial charge in [0.05, 0.1) is 12.2 Å². The number of nitrogens with one attached hydrogen (secondary N) is 1. The summed E-state index contributed by atoms with van der Waals surface area (Å²) in [6.45, 7) is 4.77. The minimum Gasteiger partial charge on any atom is -0.368 e. The lowest BCUT2D eigenvalue weighted by atomic mass is 10.0. The highest BCUT2D eigenvalue weighted by Gasteiger charge is 2.29. The van der Waals surface area contributed by atoms with Crippen LogP contribution in [0.4, 0.5) is 0 Å². The SMILES string of the molecule is CC(=O)N1CC[C@@H](c2nn(CCNC(=O)[C@@H]3CCCO3)c3ncccc23)C1. The Balaban J connectivity index is 1.47. The van der Waals surface area contributed by atoms with Crippen molar-refractivity contribution in [3.05, 3.63) is 24.0 Å². The molecular weight excluding hydrogens is 346 g/mol. The van der Waals surface area contributed by atoms with Crippen molar-refractivity contribution in [1.82, 2.24) is 25.0 Å². The molecule has 2 fully saturated rings. The number of fused-ring (bicyclic) bond motifs is 1. The third kappa shape index (κ3) is 3.66. The molecule has 4 heterocycles. The average Bonchev–Trinajstić information content (AvgIpc) is 3.41. The van der Waals surface area contributed by atoms with Crippen LogP contribution >= 0.6 is 0 Å². The summed E-state index contributed by atoms with van der Waals surface area (Å²) < 4.78 is 7.27. The highest BCUT2D eigenvalue weighted by Crippen LogP contribution is 2.31. The first-order valence-electron chi connectivity index (χ1n) is 9.59. The van der Waals surface area contributed by atoms with Crippen molar-refractivity contribution >= 4 is 22.8 Å². The minimum absolute atomic E-state index is 0.0509. The van der Waals surface area contributed by atoms with Crippen molar-refractivity contribution in [2.45, 2.75) is 44.8 Å². The Kier molecular flexibility index (Phi) is 5.07. The standard InChI is InChI=1S/C19H25N5O3/c1-13(25)23-9-6-14(12-23)17-15-4-2-7-20-18(15)24(22-17)10-8-21-19(26)16-5-3-11-27-16/h2,4,7,14,16H,3,5-6,8-12H2,1H3,(H,21,26)/t14-,16+/m1/s1. The van der Waals surface area contributed by atoms with Gasteiger partial charge in [-0.25, -0.2) is 9.67 Å². The van der Waals surface area contributed by atoms with Crippen LogP contribution in [0.5, 0.6) is 0 Å². The number of nitrogens with zero attached hydrogens (tertiary/aromatic N) is 4. The van der Waals surface area contributed by atoms with Crippen LogP contribution in [-0.4, -0.2) is 63.8 Å². The molecule has 0 aliphatic carbocycles. The Morgan fingerprint density at radius 2 is 2.26 bits per heavy atom. The van der Waals surface area contributed by atoms with Gasteiger partial charge in [-0.15, -0.1) is 0 Å². The minimum atomic E-state index is -0.316. The maximum absolute atomic E-state index is 12.1. The summed E-state index contributed by atoms with van der Waals surface area (Å²) in [6, 6.07) is 3.94. The predicted octanol–water partition coefficient (Wildman–Crippen LogP) is 1.06. The van der Waals surface area contributed by atoms with Crippen LogP contribution < -0.4 is 5.32 Å². The molecule has 0 unspecified atom stereocenters. The molecule has 2 atom stereocenters. The zero-order chi connectivity index (χ0) is 18.8. The molecular formula is C19H25N5O3. The number of amides is 2. The Labute approximate surface area is 157 Å². The molecule has 2 saturated heterocycles. The van der Waals surface area contributed by atoms with E-state index in [0.29, 0.717) is 26.2 Å². The molecule has 0 bridgehead atoms. The smallest absolute Gasteiger partial charge is 0.249 e. The molecule has 8 heteroatoms.